The van der Waals surface area contributed by atoms with Crippen molar-refractivity contribution < 1.29 is 8.83 Å². The standard InChI is InChI=1S/C90H51BN4O2S2/c1-3-21-52(22-4-1)56-41-43-65-62-29-11-18-36-79(62)96-88(65)85(56)94-77-49-68-67-47-54(92-72-32-14-7-25-58(72)59-26-8-15-33-73(59)92)40-46-82(67)98-83(68)51-71(77)91-70-48-55(93-74-34-16-9-27-60(74)61-28-10-17-35-75(61)93)39-45-76(70)95(87-84(91)78(94)50-69-64-31-13-20-38-81(64)99-90(69)87)86-57(53-23-5-2-6-24-53)42-44-66-63-30-12-19-37-80(63)97-89(66)86/h1-51H. The van der Waals surface area contributed by atoms with Crippen LogP contribution >= 0.6 is 22.7 Å². The second-order valence-corrected chi connectivity index (χ2v) is 28.7. The number of rotatable bonds is 6. The van der Waals surface area contributed by atoms with Crippen LogP contribution in [0.5, 0.6) is 0 Å². The number of fused-ring (bicyclic) bond motifs is 23. The van der Waals surface area contributed by atoms with Crippen molar-refractivity contribution in [3.8, 4) is 33.6 Å². The second-order valence-electron chi connectivity index (χ2n) is 26.5. The van der Waals surface area contributed by atoms with Gasteiger partial charge >= 0.3 is 0 Å². The monoisotopic (exact) mass is 1290 g/mol. The molecule has 0 unspecified atom stereocenters. The summed E-state index contributed by atoms with van der Waals surface area (Å²) in [6, 6.07) is 115. The number of furan rings is 2. The van der Waals surface area contributed by atoms with Crippen molar-refractivity contribution in [3.63, 3.8) is 0 Å². The van der Waals surface area contributed by atoms with Crippen LogP contribution in [0.3, 0.4) is 0 Å². The molecule has 0 spiro atoms. The molecular formula is C90H51BN4O2S2. The summed E-state index contributed by atoms with van der Waals surface area (Å²) in [5, 5.41) is 14.0. The quantitative estimate of drug-likeness (QED) is 0.156. The molecule has 0 radical (unpaired) electrons. The number of hydrogen-bond donors (Lipinski definition) is 0. The van der Waals surface area contributed by atoms with E-state index in [1.54, 1.807) is 0 Å². The highest BCUT2D eigenvalue weighted by Gasteiger charge is 2.47. The van der Waals surface area contributed by atoms with Gasteiger partial charge < -0.3 is 27.8 Å². The van der Waals surface area contributed by atoms with E-state index in [4.69, 9.17) is 8.83 Å². The van der Waals surface area contributed by atoms with E-state index in [2.05, 4.69) is 328 Å². The summed E-state index contributed by atoms with van der Waals surface area (Å²) in [5.41, 5.74) is 24.6. The smallest absolute Gasteiger partial charge is 0.252 e. The molecular weight excluding hydrogens is 1240 g/mol. The third-order valence-corrected chi connectivity index (χ3v) is 23.8. The molecule has 23 rings (SSSR count). The van der Waals surface area contributed by atoms with Gasteiger partial charge in [0.25, 0.3) is 6.71 Å². The maximum atomic E-state index is 7.49. The number of hydrogen-bond acceptors (Lipinski definition) is 6. The summed E-state index contributed by atoms with van der Waals surface area (Å²) in [6.07, 6.45) is 0. The van der Waals surface area contributed by atoms with Crippen LogP contribution in [-0.2, 0) is 0 Å². The molecule has 0 amide bonds. The van der Waals surface area contributed by atoms with Crippen LogP contribution in [0.1, 0.15) is 0 Å². The van der Waals surface area contributed by atoms with E-state index in [1.807, 2.05) is 22.7 Å². The fourth-order valence-corrected chi connectivity index (χ4v) is 19.7. The normalized spacial score (nSPS) is 13.0. The number of anilines is 6. The van der Waals surface area contributed by atoms with Gasteiger partial charge in [0.05, 0.1) is 43.8 Å². The molecule has 0 fully saturated rings. The van der Waals surface area contributed by atoms with Crippen LogP contribution in [0.15, 0.2) is 318 Å². The van der Waals surface area contributed by atoms with Gasteiger partial charge in [-0.1, -0.05) is 200 Å². The molecule has 0 N–H and O–H groups in total. The van der Waals surface area contributed by atoms with Gasteiger partial charge in [0.15, 0.2) is 11.2 Å². The maximum absolute atomic E-state index is 7.49. The Balaban J connectivity index is 0.912. The van der Waals surface area contributed by atoms with Gasteiger partial charge in [0, 0.05) is 118 Å². The Morgan fingerprint density at radius 3 is 1.31 bits per heavy atom. The van der Waals surface area contributed by atoms with Crippen LogP contribution in [0.25, 0.3) is 161 Å². The van der Waals surface area contributed by atoms with Crippen molar-refractivity contribution in [3.05, 3.63) is 309 Å². The first-order valence-corrected chi connectivity index (χ1v) is 35.5. The number of para-hydroxylation sites is 6. The predicted molar refractivity (Wildman–Crippen MR) is 420 cm³/mol. The van der Waals surface area contributed by atoms with Crippen molar-refractivity contribution in [1.82, 2.24) is 9.13 Å². The largest absolute Gasteiger partial charge is 0.454 e. The van der Waals surface area contributed by atoms with E-state index in [0.717, 1.165) is 123 Å². The number of nitrogens with zero attached hydrogens (tertiary/aromatic N) is 4. The first-order chi connectivity index (χ1) is 49.1. The van der Waals surface area contributed by atoms with E-state index in [-0.39, 0.29) is 6.71 Å². The molecule has 458 valence electrons. The molecule has 2 aliphatic rings. The molecule has 8 heterocycles. The minimum atomic E-state index is -0.303. The third-order valence-electron chi connectivity index (χ3n) is 21.5. The third kappa shape index (κ3) is 7.39. The minimum Gasteiger partial charge on any atom is -0.454 e. The van der Waals surface area contributed by atoms with Gasteiger partial charge in [-0.05, 0) is 137 Å². The molecule has 99 heavy (non-hydrogen) atoms. The van der Waals surface area contributed by atoms with Gasteiger partial charge in [0.2, 0.25) is 0 Å². The Morgan fingerprint density at radius 1 is 0.273 bits per heavy atom. The molecule has 0 saturated heterocycles. The van der Waals surface area contributed by atoms with Crippen LogP contribution in [0.2, 0.25) is 0 Å². The van der Waals surface area contributed by atoms with Crippen molar-refractivity contribution in [1.29, 1.82) is 0 Å². The number of thiophene rings is 2. The zero-order valence-electron chi connectivity index (χ0n) is 52.9. The van der Waals surface area contributed by atoms with Crippen LogP contribution < -0.4 is 26.2 Å². The highest BCUT2D eigenvalue weighted by Crippen LogP contribution is 2.57. The van der Waals surface area contributed by atoms with Gasteiger partial charge in [0.1, 0.15) is 11.2 Å². The lowest BCUT2D eigenvalue weighted by atomic mass is 9.33. The van der Waals surface area contributed by atoms with Crippen molar-refractivity contribution in [2.75, 3.05) is 9.80 Å². The fraction of sp³-hybridized carbons (Fsp3) is 0. The summed E-state index contributed by atoms with van der Waals surface area (Å²) >= 11 is 3.77. The Hall–Kier alpha value is -12.4. The molecule has 0 atom stereocenters. The number of aromatic nitrogens is 2. The highest BCUT2D eigenvalue weighted by molar-refractivity contribution is 7.27. The van der Waals surface area contributed by atoms with E-state index in [9.17, 15) is 0 Å². The lowest BCUT2D eigenvalue weighted by molar-refractivity contribution is 0.669. The van der Waals surface area contributed by atoms with E-state index in [1.165, 1.54) is 89.3 Å². The van der Waals surface area contributed by atoms with Crippen LogP contribution in [0, 0.1) is 0 Å². The highest BCUT2D eigenvalue weighted by atomic mass is 32.1. The Bertz CT molecular complexity index is 6980. The van der Waals surface area contributed by atoms with E-state index < -0.39 is 0 Å². The maximum Gasteiger partial charge on any atom is 0.252 e. The van der Waals surface area contributed by atoms with Crippen LogP contribution in [-0.4, -0.2) is 15.8 Å². The predicted octanol–water partition coefficient (Wildman–Crippen LogP) is 23.8. The number of benzene rings is 15. The summed E-state index contributed by atoms with van der Waals surface area (Å²) in [7, 11) is 0. The summed E-state index contributed by atoms with van der Waals surface area (Å²) in [5.74, 6) is 0. The Kier molecular flexibility index (Phi) is 10.9. The van der Waals surface area contributed by atoms with Crippen molar-refractivity contribution in [2.45, 2.75) is 0 Å². The van der Waals surface area contributed by atoms with Gasteiger partial charge in [-0.3, -0.25) is 0 Å². The van der Waals surface area contributed by atoms with Gasteiger partial charge in [-0.2, -0.15) is 0 Å². The van der Waals surface area contributed by atoms with Crippen molar-refractivity contribution >= 4 is 208 Å². The molecule has 15 aromatic carbocycles. The molecule has 9 heteroatoms. The zero-order chi connectivity index (χ0) is 64.3. The molecule has 21 aromatic rings. The van der Waals surface area contributed by atoms with Crippen molar-refractivity contribution in [2.24, 2.45) is 0 Å². The Labute approximate surface area is 574 Å². The van der Waals surface area contributed by atoms with Gasteiger partial charge in [-0.25, -0.2) is 0 Å². The Morgan fingerprint density at radius 2 is 0.727 bits per heavy atom. The molecule has 2 aliphatic heterocycles. The second kappa shape index (κ2) is 20.1. The lowest BCUT2D eigenvalue weighted by Crippen LogP contribution is -2.61. The fourth-order valence-electron chi connectivity index (χ4n) is 17.3. The average Bonchev–Trinajstić information content (AvgIpc) is 1.66. The summed E-state index contributed by atoms with van der Waals surface area (Å²) in [4.78, 5) is 5.28. The molecule has 0 aliphatic carbocycles. The van der Waals surface area contributed by atoms with E-state index in [0.29, 0.717) is 0 Å². The van der Waals surface area contributed by atoms with Crippen LogP contribution in [0.4, 0.5) is 34.1 Å². The molecule has 0 bridgehead atoms. The lowest BCUT2D eigenvalue weighted by Gasteiger charge is -2.45. The molecule has 6 nitrogen and oxygen atoms in total. The van der Waals surface area contributed by atoms with E-state index >= 15 is 0 Å². The summed E-state index contributed by atoms with van der Waals surface area (Å²) in [6.45, 7) is -0.303. The molecule has 6 aromatic heterocycles. The first kappa shape index (κ1) is 53.8. The zero-order valence-corrected chi connectivity index (χ0v) is 54.6. The van der Waals surface area contributed by atoms with Gasteiger partial charge in [-0.15, -0.1) is 22.7 Å². The first-order valence-electron chi connectivity index (χ1n) is 33.8. The molecule has 0 saturated carbocycles. The summed E-state index contributed by atoms with van der Waals surface area (Å²) < 4.78 is 24.8. The topological polar surface area (TPSA) is 42.6 Å². The SMILES string of the molecule is c1ccc(-c2ccc3c(oc4ccccc43)c2N2c3cc4c(cc3B3c5cc(-n6c7ccccc7c7ccccc76)ccc5N(c5c(-c6ccccc6)ccc6c5oc5ccccc56)c5c3c2cc2c5sc3ccccc32)sc2ccc(-n3c5ccccc5c5ccccc53)cc24)cc1. The average molecular weight is 1300 g/mol. The minimum absolute atomic E-state index is 0.303.